The molecule has 2 aromatic carbocycles. The number of thiocarbonyl (C=S) groups is 1. The first-order valence-electron chi connectivity index (χ1n) is 9.84. The summed E-state index contributed by atoms with van der Waals surface area (Å²) >= 11 is 11.8. The molecule has 1 aromatic heterocycles. The molecule has 0 radical (unpaired) electrons. The molecule has 6 heteroatoms. The highest BCUT2D eigenvalue weighted by Gasteiger charge is 2.14. The van der Waals surface area contributed by atoms with Crippen LogP contribution in [0.25, 0.3) is 0 Å². The molecule has 0 saturated heterocycles. The molecule has 29 heavy (non-hydrogen) atoms. The monoisotopic (exact) mass is 426 g/mol. The lowest BCUT2D eigenvalue weighted by molar-refractivity contribution is 0.659. The van der Waals surface area contributed by atoms with E-state index >= 15 is 0 Å². The van der Waals surface area contributed by atoms with Crippen molar-refractivity contribution in [2.75, 3.05) is 10.6 Å². The number of nitrogens with zero attached hydrogens (tertiary/aromatic N) is 2. The first kappa shape index (κ1) is 21.3. The molecule has 0 amide bonds. The van der Waals surface area contributed by atoms with Crippen molar-refractivity contribution in [1.29, 1.82) is 0 Å². The molecule has 0 aliphatic heterocycles. The van der Waals surface area contributed by atoms with E-state index in [1.807, 2.05) is 42.8 Å². The fourth-order valence-corrected chi connectivity index (χ4v) is 3.64. The number of hydrogen-bond acceptors (Lipinski definition) is 2. The van der Waals surface area contributed by atoms with Gasteiger partial charge in [-0.05, 0) is 67.7 Å². The van der Waals surface area contributed by atoms with Crippen molar-refractivity contribution >= 4 is 40.3 Å². The average molecular weight is 427 g/mol. The topological polar surface area (TPSA) is 41.9 Å². The highest BCUT2D eigenvalue weighted by Crippen LogP contribution is 2.24. The molecule has 3 rings (SSSR count). The quantitative estimate of drug-likeness (QED) is 0.440. The summed E-state index contributed by atoms with van der Waals surface area (Å²) in [6.07, 6.45) is 1.13. The summed E-state index contributed by atoms with van der Waals surface area (Å²) in [5.41, 5.74) is 6.17. The molecule has 1 heterocycles. The Morgan fingerprint density at radius 1 is 1.10 bits per heavy atom. The number of aromatic nitrogens is 2. The average Bonchev–Trinajstić information content (AvgIpc) is 2.97. The van der Waals surface area contributed by atoms with Crippen LogP contribution in [0.5, 0.6) is 0 Å². The normalized spacial score (nSPS) is 11.9. The molecule has 0 saturated carbocycles. The van der Waals surface area contributed by atoms with Crippen LogP contribution in [-0.2, 0) is 6.54 Å². The Morgan fingerprint density at radius 3 is 2.45 bits per heavy atom. The number of halogens is 1. The molecule has 3 aromatic rings. The molecule has 4 nitrogen and oxygen atoms in total. The van der Waals surface area contributed by atoms with Gasteiger partial charge in [0, 0.05) is 10.7 Å². The molecule has 0 spiro atoms. The smallest absolute Gasteiger partial charge is 0.175 e. The molecular formula is C23H27ClN4S. The highest BCUT2D eigenvalue weighted by molar-refractivity contribution is 7.80. The maximum Gasteiger partial charge on any atom is 0.175 e. The van der Waals surface area contributed by atoms with Gasteiger partial charge in [0.15, 0.2) is 5.11 Å². The van der Waals surface area contributed by atoms with Gasteiger partial charge in [-0.1, -0.05) is 55.8 Å². The van der Waals surface area contributed by atoms with E-state index in [9.17, 15) is 0 Å². The van der Waals surface area contributed by atoms with Crippen molar-refractivity contribution in [3.8, 4) is 0 Å². The number of rotatable bonds is 6. The summed E-state index contributed by atoms with van der Waals surface area (Å²) in [4.78, 5) is 0. The van der Waals surface area contributed by atoms with Crippen molar-refractivity contribution in [3.63, 3.8) is 0 Å². The van der Waals surface area contributed by atoms with Crippen LogP contribution in [0.4, 0.5) is 11.4 Å². The van der Waals surface area contributed by atoms with E-state index < -0.39 is 0 Å². The van der Waals surface area contributed by atoms with Crippen molar-refractivity contribution in [3.05, 3.63) is 76.1 Å². The second-order valence-corrected chi connectivity index (χ2v) is 8.12. The first-order chi connectivity index (χ1) is 13.9. The van der Waals surface area contributed by atoms with E-state index in [4.69, 9.17) is 23.8 Å². The molecule has 0 fully saturated rings. The number of nitrogens with one attached hydrogen (secondary N) is 2. The Kier molecular flexibility index (Phi) is 6.93. The number of benzene rings is 2. The Hall–Kier alpha value is -2.37. The van der Waals surface area contributed by atoms with Crippen LogP contribution >= 0.6 is 23.8 Å². The lowest BCUT2D eigenvalue weighted by Gasteiger charge is -2.13. The van der Waals surface area contributed by atoms with Crippen molar-refractivity contribution < 1.29 is 0 Å². The van der Waals surface area contributed by atoms with Crippen LogP contribution < -0.4 is 10.6 Å². The Morgan fingerprint density at radius 2 is 1.79 bits per heavy atom. The lowest BCUT2D eigenvalue weighted by atomic mass is 9.99. The van der Waals surface area contributed by atoms with Gasteiger partial charge in [-0.15, -0.1) is 0 Å². The van der Waals surface area contributed by atoms with Gasteiger partial charge in [0.05, 0.1) is 23.6 Å². The molecule has 2 N–H and O–H groups in total. The zero-order chi connectivity index (χ0) is 21.0. The minimum absolute atomic E-state index is 0.546. The predicted molar refractivity (Wildman–Crippen MR) is 127 cm³/mol. The van der Waals surface area contributed by atoms with Crippen LogP contribution in [0.15, 0.2) is 48.5 Å². The van der Waals surface area contributed by atoms with E-state index in [0.29, 0.717) is 17.6 Å². The summed E-state index contributed by atoms with van der Waals surface area (Å²) in [6, 6.07) is 16.3. The van der Waals surface area contributed by atoms with Crippen LogP contribution in [0.2, 0.25) is 5.02 Å². The van der Waals surface area contributed by atoms with Crippen molar-refractivity contribution in [2.45, 2.75) is 46.6 Å². The molecular weight excluding hydrogens is 400 g/mol. The molecule has 0 aliphatic carbocycles. The Balaban J connectivity index is 1.69. The minimum Gasteiger partial charge on any atom is -0.332 e. The van der Waals surface area contributed by atoms with Gasteiger partial charge in [0.2, 0.25) is 0 Å². The van der Waals surface area contributed by atoms with Gasteiger partial charge in [-0.3, -0.25) is 4.68 Å². The Labute approximate surface area is 183 Å². The zero-order valence-corrected chi connectivity index (χ0v) is 18.9. The fourth-order valence-electron chi connectivity index (χ4n) is 3.23. The molecule has 0 bridgehead atoms. The van der Waals surface area contributed by atoms with Gasteiger partial charge in [-0.2, -0.15) is 5.10 Å². The second kappa shape index (κ2) is 9.42. The van der Waals surface area contributed by atoms with Gasteiger partial charge < -0.3 is 10.6 Å². The minimum atomic E-state index is 0.546. The van der Waals surface area contributed by atoms with Crippen LogP contribution in [0.3, 0.4) is 0 Å². The van der Waals surface area contributed by atoms with E-state index in [2.05, 4.69) is 53.8 Å². The van der Waals surface area contributed by atoms with Crippen LogP contribution in [0, 0.1) is 13.8 Å². The van der Waals surface area contributed by atoms with Crippen molar-refractivity contribution in [1.82, 2.24) is 9.78 Å². The summed E-state index contributed by atoms with van der Waals surface area (Å²) in [5.74, 6) is 0.559. The van der Waals surface area contributed by atoms with Gasteiger partial charge in [0.25, 0.3) is 0 Å². The largest absolute Gasteiger partial charge is 0.332 e. The molecule has 152 valence electrons. The third-order valence-electron chi connectivity index (χ3n) is 5.25. The van der Waals surface area contributed by atoms with E-state index in [1.165, 1.54) is 5.56 Å². The van der Waals surface area contributed by atoms with Crippen LogP contribution in [-0.4, -0.2) is 14.9 Å². The van der Waals surface area contributed by atoms with E-state index in [0.717, 1.165) is 39.8 Å². The Bertz CT molecular complexity index is 995. The van der Waals surface area contributed by atoms with Crippen LogP contribution in [0.1, 0.15) is 48.7 Å². The summed E-state index contributed by atoms with van der Waals surface area (Å²) in [5, 5.41) is 12.5. The number of aryl methyl sites for hydroxylation is 1. The van der Waals surface area contributed by atoms with Gasteiger partial charge in [0.1, 0.15) is 0 Å². The fraction of sp³-hybridized carbons (Fsp3) is 0.304. The lowest BCUT2D eigenvalue weighted by Crippen LogP contribution is -2.20. The SMILES string of the molecule is CCC(C)c1ccc(NC(=S)Nc2c(C)nn(Cc3ccccc3Cl)c2C)cc1. The standard InChI is InChI=1S/C23H27ClN4S/c1-5-15(2)18-10-12-20(13-11-18)25-23(29)26-22-16(3)27-28(17(22)4)14-19-8-6-7-9-21(19)24/h6-13,15H,5,14H2,1-4H3,(H2,25,26,29). The van der Waals surface area contributed by atoms with Crippen molar-refractivity contribution in [2.24, 2.45) is 0 Å². The van der Waals surface area contributed by atoms with E-state index in [-0.39, 0.29) is 0 Å². The van der Waals surface area contributed by atoms with E-state index in [1.54, 1.807) is 0 Å². The summed E-state index contributed by atoms with van der Waals surface area (Å²) in [7, 11) is 0. The first-order valence-corrected chi connectivity index (χ1v) is 10.6. The molecule has 1 unspecified atom stereocenters. The summed E-state index contributed by atoms with van der Waals surface area (Å²) in [6.45, 7) is 9.06. The second-order valence-electron chi connectivity index (χ2n) is 7.31. The third kappa shape index (κ3) is 5.17. The number of anilines is 2. The predicted octanol–water partition coefficient (Wildman–Crippen LogP) is 6.52. The third-order valence-corrected chi connectivity index (χ3v) is 5.82. The summed E-state index contributed by atoms with van der Waals surface area (Å²) < 4.78 is 1.95. The number of hydrogen-bond donors (Lipinski definition) is 2. The van der Waals surface area contributed by atoms with Gasteiger partial charge >= 0.3 is 0 Å². The molecule has 1 atom stereocenters. The molecule has 0 aliphatic rings. The maximum absolute atomic E-state index is 6.30. The maximum atomic E-state index is 6.30. The zero-order valence-electron chi connectivity index (χ0n) is 17.3. The van der Waals surface area contributed by atoms with Gasteiger partial charge in [-0.25, -0.2) is 0 Å². The highest BCUT2D eigenvalue weighted by atomic mass is 35.5.